The van der Waals surface area contributed by atoms with E-state index in [0.717, 1.165) is 4.68 Å². The van der Waals surface area contributed by atoms with Crippen molar-refractivity contribution in [2.45, 2.75) is 24.5 Å². The maximum atomic E-state index is 11.9. The van der Waals surface area contributed by atoms with E-state index in [1.807, 2.05) is 0 Å². The van der Waals surface area contributed by atoms with Crippen molar-refractivity contribution in [2.75, 3.05) is 17.9 Å². The highest BCUT2D eigenvalue weighted by Crippen LogP contribution is 2.55. The maximum absolute atomic E-state index is 11.9. The summed E-state index contributed by atoms with van der Waals surface area (Å²) in [7, 11) is -9.53. The number of nitrogens with zero attached hydrogens (tertiary/aromatic N) is 6. The number of thiazole rings is 1. The minimum absolute atomic E-state index is 0.114. The van der Waals surface area contributed by atoms with E-state index in [1.165, 1.54) is 23.7 Å². The van der Waals surface area contributed by atoms with Gasteiger partial charge in [0.05, 0.1) is 35.6 Å². The lowest BCUT2D eigenvalue weighted by atomic mass is 10.1. The average molecular weight is 570 g/mol. The van der Waals surface area contributed by atoms with Gasteiger partial charge in [0.15, 0.2) is 23.6 Å². The van der Waals surface area contributed by atoms with Gasteiger partial charge < -0.3 is 34.2 Å². The first-order valence-corrected chi connectivity index (χ1v) is 14.4. The second kappa shape index (κ2) is 10.2. The van der Waals surface area contributed by atoms with Crippen LogP contribution in [0.15, 0.2) is 22.2 Å². The van der Waals surface area contributed by atoms with Crippen molar-refractivity contribution < 1.29 is 43.3 Å². The van der Waals surface area contributed by atoms with E-state index in [2.05, 4.69) is 30.6 Å². The van der Waals surface area contributed by atoms with Crippen LogP contribution in [0.3, 0.4) is 0 Å². The van der Waals surface area contributed by atoms with Crippen molar-refractivity contribution in [3.8, 4) is 0 Å². The molecule has 0 amide bonds. The van der Waals surface area contributed by atoms with Gasteiger partial charge in [-0.2, -0.15) is 20.2 Å². The summed E-state index contributed by atoms with van der Waals surface area (Å²) in [6.45, 7) is -0.740. The van der Waals surface area contributed by atoms with Crippen molar-refractivity contribution >= 4 is 61.2 Å². The fourth-order valence-corrected chi connectivity index (χ4v) is 6.39. The Morgan fingerprint density at radius 2 is 2.06 bits per heavy atom. The zero-order valence-corrected chi connectivity index (χ0v) is 20.6. The van der Waals surface area contributed by atoms with Crippen LogP contribution in [-0.4, -0.2) is 86.7 Å². The van der Waals surface area contributed by atoms with Crippen LogP contribution in [-0.2, 0) is 18.4 Å². The van der Waals surface area contributed by atoms with Crippen molar-refractivity contribution in [1.82, 2.24) is 24.7 Å². The molecule has 35 heavy (non-hydrogen) atoms. The second-order valence-corrected chi connectivity index (χ2v) is 12.3. The standard InChI is InChI=1S/C15H18ClN7O9P2S/c16-15-20-12(22-18-1-7-4-35-5-17-7)8-2-19-23(13(8)21-15)14-11(25)10(24)9(32-14)3-31-34(29,30)6-33(26,27)28/h1-2,4-5,9-11,14,24-25H,3,6H2,(H,29,30)(H,20,21,22)(H2,26,27,28)/b18-1+/t9-,10-,11-,14-/m1/s1. The van der Waals surface area contributed by atoms with Gasteiger partial charge in [-0.25, -0.2) is 9.67 Å². The smallest absolute Gasteiger partial charge is 0.340 e. The molecule has 1 unspecified atom stereocenters. The largest absolute Gasteiger partial charge is 0.387 e. The minimum atomic E-state index is -4.84. The van der Waals surface area contributed by atoms with Crippen LogP contribution in [0.2, 0.25) is 5.28 Å². The number of hydrogen-bond donors (Lipinski definition) is 6. The van der Waals surface area contributed by atoms with E-state index in [4.69, 9.17) is 30.6 Å². The van der Waals surface area contributed by atoms with Crippen LogP contribution in [0.1, 0.15) is 11.9 Å². The number of nitrogens with one attached hydrogen (secondary N) is 1. The molecule has 16 nitrogen and oxygen atoms in total. The normalized spacial score (nSPS) is 24.9. The van der Waals surface area contributed by atoms with Gasteiger partial charge in [-0.15, -0.1) is 11.3 Å². The average Bonchev–Trinajstić information content (AvgIpc) is 3.46. The molecule has 1 fully saturated rings. The third kappa shape index (κ3) is 6.28. The van der Waals surface area contributed by atoms with Crippen LogP contribution in [0.25, 0.3) is 11.0 Å². The zero-order valence-electron chi connectivity index (χ0n) is 17.3. The predicted molar refractivity (Wildman–Crippen MR) is 122 cm³/mol. The third-order valence-corrected chi connectivity index (χ3v) is 8.86. The quantitative estimate of drug-likeness (QED) is 0.0882. The van der Waals surface area contributed by atoms with Gasteiger partial charge in [0.2, 0.25) is 5.28 Å². The summed E-state index contributed by atoms with van der Waals surface area (Å²) < 4.78 is 34.2. The molecule has 3 aromatic rings. The molecule has 4 heterocycles. The van der Waals surface area contributed by atoms with Crippen LogP contribution in [0.5, 0.6) is 0 Å². The lowest BCUT2D eigenvalue weighted by Gasteiger charge is -2.18. The highest BCUT2D eigenvalue weighted by molar-refractivity contribution is 7.70. The van der Waals surface area contributed by atoms with E-state index in [0.29, 0.717) is 11.1 Å². The SMILES string of the molecule is O=P(O)(O)CP(=O)(O)OC[C@H]1O[C@@H](n2ncc3c(N/N=C/c4cscn4)nc(Cl)nc32)[C@H](O)[C@@H]1O. The molecule has 0 spiro atoms. The highest BCUT2D eigenvalue weighted by atomic mass is 35.5. The minimum Gasteiger partial charge on any atom is -0.387 e. The number of hydrogen-bond acceptors (Lipinski definition) is 13. The summed E-state index contributed by atoms with van der Waals surface area (Å²) in [6, 6.07) is 0. The van der Waals surface area contributed by atoms with Gasteiger partial charge in [-0.3, -0.25) is 14.6 Å². The first-order chi connectivity index (χ1) is 16.4. The summed E-state index contributed by atoms with van der Waals surface area (Å²) in [5.41, 5.74) is 5.08. The Morgan fingerprint density at radius 3 is 2.74 bits per heavy atom. The predicted octanol–water partition coefficient (Wildman–Crippen LogP) is 0.339. The Morgan fingerprint density at radius 1 is 1.29 bits per heavy atom. The lowest BCUT2D eigenvalue weighted by Crippen LogP contribution is -2.33. The molecule has 0 aliphatic carbocycles. The van der Waals surface area contributed by atoms with Crippen molar-refractivity contribution in [2.24, 2.45) is 5.10 Å². The molecule has 20 heteroatoms. The summed E-state index contributed by atoms with van der Waals surface area (Å²) >= 11 is 7.42. The van der Waals surface area contributed by atoms with Gasteiger partial charge in [-0.05, 0) is 11.6 Å². The molecule has 0 saturated carbocycles. The Hall–Kier alpha value is -1.88. The summed E-state index contributed by atoms with van der Waals surface area (Å²) in [5, 5.41) is 30.9. The molecule has 5 atom stereocenters. The Kier molecular flexibility index (Phi) is 7.66. The van der Waals surface area contributed by atoms with Gasteiger partial charge in [0.25, 0.3) is 0 Å². The number of aliphatic hydroxyl groups excluding tert-OH is 2. The topological polar surface area (TPSA) is 235 Å². The number of aromatic nitrogens is 5. The van der Waals surface area contributed by atoms with Crippen molar-refractivity contribution in [1.29, 1.82) is 0 Å². The lowest BCUT2D eigenvalue weighted by molar-refractivity contribution is -0.0541. The molecule has 0 aromatic carbocycles. The second-order valence-electron chi connectivity index (χ2n) is 7.24. The maximum Gasteiger partial charge on any atom is 0.340 e. The molecule has 0 bridgehead atoms. The highest BCUT2D eigenvalue weighted by Gasteiger charge is 2.46. The Bertz CT molecular complexity index is 1320. The van der Waals surface area contributed by atoms with E-state index >= 15 is 0 Å². The fraction of sp³-hybridized carbons (Fsp3) is 0.400. The number of halogens is 1. The summed E-state index contributed by atoms with van der Waals surface area (Å²) in [5.74, 6) is -1.22. The Balaban J connectivity index is 1.52. The molecule has 190 valence electrons. The zero-order chi connectivity index (χ0) is 25.4. The number of ether oxygens (including phenoxy) is 1. The fourth-order valence-electron chi connectivity index (χ4n) is 3.15. The number of rotatable bonds is 9. The molecule has 1 aliphatic rings. The first kappa shape index (κ1) is 26.2. The monoisotopic (exact) mass is 569 g/mol. The van der Waals surface area contributed by atoms with Crippen LogP contribution < -0.4 is 5.43 Å². The molecule has 1 aliphatic heterocycles. The number of hydrazone groups is 1. The van der Waals surface area contributed by atoms with Crippen LogP contribution in [0.4, 0.5) is 5.82 Å². The molecule has 3 aromatic heterocycles. The van der Waals surface area contributed by atoms with Gasteiger partial charge in [-0.1, -0.05) is 0 Å². The van der Waals surface area contributed by atoms with Gasteiger partial charge >= 0.3 is 15.2 Å². The van der Waals surface area contributed by atoms with Crippen LogP contribution >= 0.6 is 38.1 Å². The molecular formula is C15H18ClN7O9P2S. The molecule has 0 radical (unpaired) electrons. The summed E-state index contributed by atoms with van der Waals surface area (Å²) in [6.07, 6.45) is -3.00. The summed E-state index contributed by atoms with van der Waals surface area (Å²) in [4.78, 5) is 39.6. The Labute approximate surface area is 204 Å². The number of aliphatic hydroxyl groups is 2. The number of anilines is 1. The van der Waals surface area contributed by atoms with Gasteiger partial charge in [0, 0.05) is 5.38 Å². The first-order valence-electron chi connectivity index (χ1n) is 9.54. The molecule has 4 rings (SSSR count). The van der Waals surface area contributed by atoms with E-state index in [9.17, 15) is 24.2 Å². The van der Waals surface area contributed by atoms with Crippen molar-refractivity contribution in [3.63, 3.8) is 0 Å². The molecule has 6 N–H and O–H groups in total. The van der Waals surface area contributed by atoms with Crippen molar-refractivity contribution in [3.05, 3.63) is 28.1 Å². The molecular weight excluding hydrogens is 552 g/mol. The van der Waals surface area contributed by atoms with E-state index in [-0.39, 0.29) is 16.7 Å². The van der Waals surface area contributed by atoms with Crippen LogP contribution in [0, 0.1) is 0 Å². The third-order valence-electron chi connectivity index (χ3n) is 4.63. The van der Waals surface area contributed by atoms with Gasteiger partial charge in [0.1, 0.15) is 18.3 Å². The van der Waals surface area contributed by atoms with E-state index in [1.54, 1.807) is 10.9 Å². The van der Waals surface area contributed by atoms with E-state index < -0.39 is 52.2 Å². The number of fused-ring (bicyclic) bond motifs is 1. The molecule has 1 saturated heterocycles.